The van der Waals surface area contributed by atoms with E-state index in [-0.39, 0.29) is 11.9 Å². The standard InChI is InChI=1S/C22H17N3O2S/c26-22(17-8-4-7-16(13-17)21-24-23-14-27-21)25-11-9-19-18(10-12-28-19)20(25)15-5-2-1-3-6-15/h1-8,10,12-14,20H,9,11H2. The third-order valence-corrected chi connectivity index (χ3v) is 6.06. The fourth-order valence-corrected chi connectivity index (χ4v) is 4.68. The Labute approximate surface area is 166 Å². The highest BCUT2D eigenvalue weighted by atomic mass is 32.1. The second-order valence-corrected chi connectivity index (χ2v) is 7.69. The van der Waals surface area contributed by atoms with Crippen molar-refractivity contribution in [1.29, 1.82) is 0 Å². The molecule has 0 radical (unpaired) electrons. The molecule has 1 aliphatic heterocycles. The van der Waals surface area contributed by atoms with Gasteiger partial charge in [0.15, 0.2) is 0 Å². The zero-order valence-corrected chi connectivity index (χ0v) is 15.8. The first-order valence-corrected chi connectivity index (χ1v) is 9.98. The first-order valence-electron chi connectivity index (χ1n) is 9.10. The van der Waals surface area contributed by atoms with Gasteiger partial charge in [-0.1, -0.05) is 36.4 Å². The molecule has 28 heavy (non-hydrogen) atoms. The number of amides is 1. The average molecular weight is 387 g/mol. The summed E-state index contributed by atoms with van der Waals surface area (Å²) in [6.07, 6.45) is 2.17. The molecule has 2 aromatic carbocycles. The zero-order valence-electron chi connectivity index (χ0n) is 15.0. The van der Waals surface area contributed by atoms with Crippen molar-refractivity contribution in [3.05, 3.63) is 94.0 Å². The molecular formula is C22H17N3O2S. The van der Waals surface area contributed by atoms with Gasteiger partial charge in [-0.25, -0.2) is 0 Å². The Morgan fingerprint density at radius 3 is 2.82 bits per heavy atom. The summed E-state index contributed by atoms with van der Waals surface area (Å²) in [7, 11) is 0. The summed E-state index contributed by atoms with van der Waals surface area (Å²) in [6.45, 7) is 0.691. The molecule has 0 spiro atoms. The Morgan fingerprint density at radius 2 is 2.00 bits per heavy atom. The monoisotopic (exact) mass is 387 g/mol. The minimum Gasteiger partial charge on any atom is -0.423 e. The van der Waals surface area contributed by atoms with Gasteiger partial charge in [0.2, 0.25) is 12.3 Å². The number of hydrogen-bond acceptors (Lipinski definition) is 5. The van der Waals surface area contributed by atoms with Gasteiger partial charge in [-0.3, -0.25) is 4.79 Å². The fourth-order valence-electron chi connectivity index (χ4n) is 3.78. The summed E-state index contributed by atoms with van der Waals surface area (Å²) in [5.41, 5.74) is 3.72. The molecular weight excluding hydrogens is 370 g/mol. The van der Waals surface area contributed by atoms with E-state index in [1.165, 1.54) is 16.8 Å². The van der Waals surface area contributed by atoms with Gasteiger partial charge >= 0.3 is 0 Å². The molecule has 0 N–H and O–H groups in total. The van der Waals surface area contributed by atoms with E-state index in [9.17, 15) is 4.79 Å². The van der Waals surface area contributed by atoms with E-state index in [2.05, 4.69) is 33.8 Å². The molecule has 0 saturated heterocycles. The molecule has 0 bridgehead atoms. The second kappa shape index (κ2) is 7.05. The average Bonchev–Trinajstić information content (AvgIpc) is 3.45. The highest BCUT2D eigenvalue weighted by Gasteiger charge is 2.33. The number of thiophene rings is 1. The topological polar surface area (TPSA) is 59.2 Å². The van der Waals surface area contributed by atoms with Crippen molar-refractivity contribution >= 4 is 17.2 Å². The second-order valence-electron chi connectivity index (χ2n) is 6.69. The van der Waals surface area contributed by atoms with Crippen LogP contribution in [0.15, 0.2) is 76.9 Å². The summed E-state index contributed by atoms with van der Waals surface area (Å²) in [5, 5.41) is 9.78. The highest BCUT2D eigenvalue weighted by molar-refractivity contribution is 7.10. The fraction of sp³-hybridized carbons (Fsp3) is 0.136. The molecule has 5 rings (SSSR count). The maximum atomic E-state index is 13.5. The van der Waals surface area contributed by atoms with Gasteiger partial charge in [-0.15, -0.1) is 21.5 Å². The van der Waals surface area contributed by atoms with E-state index in [4.69, 9.17) is 4.42 Å². The lowest BCUT2D eigenvalue weighted by Gasteiger charge is -2.36. The van der Waals surface area contributed by atoms with Crippen LogP contribution < -0.4 is 0 Å². The molecule has 2 aromatic heterocycles. The van der Waals surface area contributed by atoms with Crippen LogP contribution in [0.2, 0.25) is 0 Å². The Hall–Kier alpha value is -3.25. The van der Waals surface area contributed by atoms with Crippen molar-refractivity contribution in [2.24, 2.45) is 0 Å². The number of benzene rings is 2. The van der Waals surface area contributed by atoms with E-state index in [0.29, 0.717) is 18.0 Å². The molecule has 0 aliphatic carbocycles. The molecule has 1 aliphatic rings. The summed E-state index contributed by atoms with van der Waals surface area (Å²) in [4.78, 5) is 16.8. The minimum atomic E-state index is -0.0734. The van der Waals surface area contributed by atoms with E-state index in [1.807, 2.05) is 47.4 Å². The number of carbonyl (C=O) groups excluding carboxylic acids is 1. The van der Waals surface area contributed by atoms with Crippen molar-refractivity contribution in [3.8, 4) is 11.5 Å². The number of hydrogen-bond donors (Lipinski definition) is 0. The van der Waals surface area contributed by atoms with Gasteiger partial charge in [0, 0.05) is 22.5 Å². The molecule has 1 unspecified atom stereocenters. The van der Waals surface area contributed by atoms with Crippen molar-refractivity contribution < 1.29 is 9.21 Å². The SMILES string of the molecule is O=C(c1cccc(-c2nnco2)c1)N1CCc2sccc2C1c1ccccc1. The Bertz CT molecular complexity index is 1110. The number of rotatable bonds is 3. The van der Waals surface area contributed by atoms with E-state index < -0.39 is 0 Å². The molecule has 6 heteroatoms. The largest absolute Gasteiger partial charge is 0.423 e. The Kier molecular flexibility index (Phi) is 4.25. The summed E-state index contributed by atoms with van der Waals surface area (Å²) < 4.78 is 5.28. The molecule has 1 amide bonds. The van der Waals surface area contributed by atoms with Crippen LogP contribution in [0.25, 0.3) is 11.5 Å². The van der Waals surface area contributed by atoms with Gasteiger partial charge < -0.3 is 9.32 Å². The van der Waals surface area contributed by atoms with Crippen LogP contribution in [-0.4, -0.2) is 27.5 Å². The molecule has 4 aromatic rings. The summed E-state index contributed by atoms with van der Waals surface area (Å²) >= 11 is 1.77. The van der Waals surface area contributed by atoms with Gasteiger partial charge in [-0.2, -0.15) is 0 Å². The van der Waals surface area contributed by atoms with Gasteiger partial charge in [0.05, 0.1) is 6.04 Å². The number of nitrogens with zero attached hydrogens (tertiary/aromatic N) is 3. The van der Waals surface area contributed by atoms with Crippen LogP contribution in [0, 0.1) is 0 Å². The molecule has 1 atom stereocenters. The predicted molar refractivity (Wildman–Crippen MR) is 107 cm³/mol. The van der Waals surface area contributed by atoms with Crippen LogP contribution in [0.3, 0.4) is 0 Å². The summed E-state index contributed by atoms with van der Waals surface area (Å²) in [5.74, 6) is 0.417. The number of aromatic nitrogens is 2. The van der Waals surface area contributed by atoms with Gasteiger partial charge in [0.1, 0.15) is 0 Å². The predicted octanol–water partition coefficient (Wildman–Crippen LogP) is 4.59. The molecule has 5 nitrogen and oxygen atoms in total. The maximum Gasteiger partial charge on any atom is 0.254 e. The van der Waals surface area contributed by atoms with Crippen molar-refractivity contribution in [1.82, 2.24) is 15.1 Å². The summed E-state index contributed by atoms with van der Waals surface area (Å²) in [6, 6.07) is 19.7. The van der Waals surface area contributed by atoms with Gasteiger partial charge in [0.25, 0.3) is 5.91 Å². The number of fused-ring (bicyclic) bond motifs is 1. The van der Waals surface area contributed by atoms with E-state index >= 15 is 0 Å². The Morgan fingerprint density at radius 1 is 1.11 bits per heavy atom. The first kappa shape index (κ1) is 16.9. The van der Waals surface area contributed by atoms with Crippen LogP contribution in [0.5, 0.6) is 0 Å². The lowest BCUT2D eigenvalue weighted by molar-refractivity contribution is 0.0696. The third-order valence-electron chi connectivity index (χ3n) is 5.06. The van der Waals surface area contributed by atoms with Gasteiger partial charge in [-0.05, 0) is 47.2 Å². The van der Waals surface area contributed by atoms with Crippen LogP contribution >= 0.6 is 11.3 Å². The zero-order chi connectivity index (χ0) is 18.9. The smallest absolute Gasteiger partial charge is 0.254 e. The first-order chi connectivity index (χ1) is 13.8. The highest BCUT2D eigenvalue weighted by Crippen LogP contribution is 2.38. The minimum absolute atomic E-state index is 0.00654. The van der Waals surface area contributed by atoms with Crippen molar-refractivity contribution in [3.63, 3.8) is 0 Å². The van der Waals surface area contributed by atoms with Crippen LogP contribution in [0.1, 0.15) is 32.4 Å². The van der Waals surface area contributed by atoms with Crippen LogP contribution in [0.4, 0.5) is 0 Å². The molecule has 0 saturated carbocycles. The van der Waals surface area contributed by atoms with E-state index in [1.54, 1.807) is 11.3 Å². The normalized spacial score (nSPS) is 16.0. The van der Waals surface area contributed by atoms with Crippen LogP contribution in [-0.2, 0) is 6.42 Å². The van der Waals surface area contributed by atoms with Crippen molar-refractivity contribution in [2.75, 3.05) is 6.54 Å². The lowest BCUT2D eigenvalue weighted by atomic mass is 9.92. The molecule has 138 valence electrons. The number of carbonyl (C=O) groups is 1. The quantitative estimate of drug-likeness (QED) is 0.516. The van der Waals surface area contributed by atoms with E-state index in [0.717, 1.165) is 17.5 Å². The Balaban J connectivity index is 1.54. The van der Waals surface area contributed by atoms with Crippen molar-refractivity contribution in [2.45, 2.75) is 12.5 Å². The maximum absolute atomic E-state index is 13.5. The molecule has 0 fully saturated rings. The lowest BCUT2D eigenvalue weighted by Crippen LogP contribution is -2.40. The molecule has 3 heterocycles. The third kappa shape index (κ3) is 2.92.